The van der Waals surface area contributed by atoms with Gasteiger partial charge in [-0.05, 0) is 0 Å². The first-order valence-electron chi connectivity index (χ1n) is 5.29. The van der Waals surface area contributed by atoms with Crippen molar-refractivity contribution in [3.8, 4) is 6.07 Å². The van der Waals surface area contributed by atoms with E-state index in [4.69, 9.17) is 17.5 Å². The molecule has 20 heavy (non-hydrogen) atoms. The lowest BCUT2D eigenvalue weighted by Gasteiger charge is -2.10. The van der Waals surface area contributed by atoms with Gasteiger partial charge in [-0.3, -0.25) is 0 Å². The number of thiocarbonyl (C=S) groups is 1. The van der Waals surface area contributed by atoms with Crippen LogP contribution in [0.5, 0.6) is 0 Å². The van der Waals surface area contributed by atoms with Gasteiger partial charge in [-0.25, -0.2) is 13.2 Å². The number of allylic oxidation sites excluding steroid dienone is 1. The summed E-state index contributed by atoms with van der Waals surface area (Å²) in [7, 11) is 0. The molecule has 0 spiro atoms. The van der Waals surface area contributed by atoms with Gasteiger partial charge in [0.05, 0.1) is 0 Å². The van der Waals surface area contributed by atoms with E-state index in [0.717, 1.165) is 0 Å². The van der Waals surface area contributed by atoms with Gasteiger partial charge in [-0.1, -0.05) is 18.3 Å². The van der Waals surface area contributed by atoms with Gasteiger partial charge in [0.25, 0.3) is 0 Å². The van der Waals surface area contributed by atoms with Gasteiger partial charge in [0.1, 0.15) is 33.9 Å². The Balaban J connectivity index is 3.11. The molecule has 1 aromatic rings. The first-order chi connectivity index (χ1) is 9.40. The van der Waals surface area contributed by atoms with Crippen molar-refractivity contribution in [2.45, 2.75) is 6.42 Å². The second-order valence-corrected chi connectivity index (χ2v) is 4.03. The Bertz CT molecular complexity index is 612. The predicted octanol–water partition coefficient (Wildman–Crippen LogP) is 3.75. The molecule has 0 aliphatic heterocycles. The van der Waals surface area contributed by atoms with Gasteiger partial charge in [0.15, 0.2) is 11.6 Å². The van der Waals surface area contributed by atoms with Crippen molar-refractivity contribution in [2.75, 3.05) is 5.32 Å². The summed E-state index contributed by atoms with van der Waals surface area (Å²) in [5, 5.41) is 20.6. The lowest BCUT2D eigenvalue weighted by Crippen LogP contribution is -2.15. The molecule has 0 aliphatic carbocycles. The van der Waals surface area contributed by atoms with Crippen LogP contribution in [0.4, 0.5) is 18.9 Å². The molecule has 3 nitrogen and oxygen atoms in total. The molecule has 0 bridgehead atoms. The molecule has 7 heteroatoms. The second kappa shape index (κ2) is 6.73. The number of rotatable bonds is 4. The maximum Gasteiger partial charge on any atom is 0.152 e. The summed E-state index contributed by atoms with van der Waals surface area (Å²) in [5.74, 6) is -3.87. The molecule has 0 radical (unpaired) electrons. The van der Waals surface area contributed by atoms with Gasteiger partial charge < -0.3 is 10.4 Å². The van der Waals surface area contributed by atoms with E-state index in [-0.39, 0.29) is 22.7 Å². The van der Waals surface area contributed by atoms with Crippen LogP contribution < -0.4 is 5.32 Å². The number of nitrogens with one attached hydrogen (secondary N) is 1. The quantitative estimate of drug-likeness (QED) is 0.292. The lowest BCUT2D eigenvalue weighted by atomic mass is 10.2. The summed E-state index contributed by atoms with van der Waals surface area (Å²) < 4.78 is 39.6. The summed E-state index contributed by atoms with van der Waals surface area (Å²) in [5.41, 5.74) is -1.04. The van der Waals surface area contributed by atoms with Crippen molar-refractivity contribution in [2.24, 2.45) is 0 Å². The zero-order chi connectivity index (χ0) is 15.3. The molecular formula is C13H9F3N2OS. The summed E-state index contributed by atoms with van der Waals surface area (Å²) >= 11 is 4.79. The SMILES string of the molecule is C=CCC(O)=C(C#N)C(=S)Nc1c(F)cc(F)cc1F. The van der Waals surface area contributed by atoms with Crippen molar-refractivity contribution in [3.63, 3.8) is 0 Å². The minimum absolute atomic E-state index is 0.0287. The van der Waals surface area contributed by atoms with Crippen LogP contribution in [0.15, 0.2) is 36.1 Å². The van der Waals surface area contributed by atoms with E-state index in [1.807, 2.05) is 0 Å². The van der Waals surface area contributed by atoms with Crippen LogP contribution in [0, 0.1) is 28.8 Å². The molecular weight excluding hydrogens is 289 g/mol. The fraction of sp³-hybridized carbons (Fsp3) is 0.0769. The van der Waals surface area contributed by atoms with E-state index >= 15 is 0 Å². The molecule has 0 unspecified atom stereocenters. The van der Waals surface area contributed by atoms with Crippen molar-refractivity contribution in [1.82, 2.24) is 0 Å². The number of halogens is 3. The molecule has 0 saturated carbocycles. The number of aliphatic hydroxyl groups is 1. The lowest BCUT2D eigenvalue weighted by molar-refractivity contribution is 0.399. The normalized spacial score (nSPS) is 11.3. The van der Waals surface area contributed by atoms with E-state index in [1.165, 1.54) is 6.08 Å². The first kappa shape index (κ1) is 15.7. The molecule has 104 valence electrons. The van der Waals surface area contributed by atoms with Gasteiger partial charge >= 0.3 is 0 Å². The van der Waals surface area contributed by atoms with Crippen LogP contribution in [-0.2, 0) is 0 Å². The Morgan fingerprint density at radius 2 is 1.95 bits per heavy atom. The number of hydrogen-bond donors (Lipinski definition) is 2. The number of nitriles is 1. The standard InChI is InChI=1S/C13H9F3N2OS/c1-2-3-11(19)8(6-17)13(20)18-12-9(15)4-7(14)5-10(12)16/h2,4-5,19H,1,3H2,(H,18,20). The van der Waals surface area contributed by atoms with Gasteiger partial charge in [-0.2, -0.15) is 5.26 Å². The minimum atomic E-state index is -1.20. The largest absolute Gasteiger partial charge is 0.510 e. The van der Waals surface area contributed by atoms with E-state index in [1.54, 1.807) is 6.07 Å². The van der Waals surface area contributed by atoms with Crippen LogP contribution in [0.25, 0.3) is 0 Å². The molecule has 2 N–H and O–H groups in total. The molecule has 0 fully saturated rings. The highest BCUT2D eigenvalue weighted by Crippen LogP contribution is 2.21. The van der Waals surface area contributed by atoms with E-state index in [9.17, 15) is 18.3 Å². The third kappa shape index (κ3) is 3.59. The fourth-order valence-corrected chi connectivity index (χ4v) is 1.59. The maximum absolute atomic E-state index is 13.4. The first-order valence-corrected chi connectivity index (χ1v) is 5.70. The molecule has 0 heterocycles. The van der Waals surface area contributed by atoms with Crippen LogP contribution in [0.1, 0.15) is 6.42 Å². The number of benzene rings is 1. The average Bonchev–Trinajstić information content (AvgIpc) is 2.35. The van der Waals surface area contributed by atoms with Crippen molar-refractivity contribution < 1.29 is 18.3 Å². The zero-order valence-corrected chi connectivity index (χ0v) is 10.9. The monoisotopic (exact) mass is 298 g/mol. The highest BCUT2D eigenvalue weighted by atomic mass is 32.1. The highest BCUT2D eigenvalue weighted by molar-refractivity contribution is 7.81. The predicted molar refractivity (Wildman–Crippen MR) is 72.6 cm³/mol. The number of nitrogens with zero attached hydrogens (tertiary/aromatic N) is 1. The summed E-state index contributed by atoms with van der Waals surface area (Å²) in [6.45, 7) is 3.37. The highest BCUT2D eigenvalue weighted by Gasteiger charge is 2.16. The summed E-state index contributed by atoms with van der Waals surface area (Å²) in [4.78, 5) is -0.378. The Labute approximate surface area is 118 Å². The maximum atomic E-state index is 13.4. The molecule has 0 amide bonds. The zero-order valence-electron chi connectivity index (χ0n) is 10.1. The molecule has 1 rings (SSSR count). The van der Waals surface area contributed by atoms with Crippen molar-refractivity contribution in [3.05, 3.63) is 53.6 Å². The molecule has 0 aliphatic rings. The van der Waals surface area contributed by atoms with E-state index < -0.39 is 23.1 Å². The second-order valence-electron chi connectivity index (χ2n) is 3.62. The topological polar surface area (TPSA) is 56.0 Å². The van der Waals surface area contributed by atoms with Gasteiger partial charge in [0, 0.05) is 18.6 Å². The van der Waals surface area contributed by atoms with E-state index in [2.05, 4.69) is 11.9 Å². The number of anilines is 1. The third-order valence-electron chi connectivity index (χ3n) is 2.21. The molecule has 0 atom stereocenters. The third-order valence-corrected chi connectivity index (χ3v) is 2.52. The van der Waals surface area contributed by atoms with Crippen LogP contribution in [-0.4, -0.2) is 10.1 Å². The van der Waals surface area contributed by atoms with Crippen LogP contribution >= 0.6 is 12.2 Å². The number of hydrogen-bond acceptors (Lipinski definition) is 3. The Hall–Kier alpha value is -2.33. The Kier molecular flexibility index (Phi) is 5.29. The summed E-state index contributed by atoms with van der Waals surface area (Å²) in [6.07, 6.45) is 1.30. The number of aliphatic hydroxyl groups excluding tert-OH is 1. The minimum Gasteiger partial charge on any atom is -0.510 e. The van der Waals surface area contributed by atoms with Crippen molar-refractivity contribution >= 4 is 22.9 Å². The summed E-state index contributed by atoms with van der Waals surface area (Å²) in [6, 6.07) is 2.55. The van der Waals surface area contributed by atoms with Gasteiger partial charge in [-0.15, -0.1) is 6.58 Å². The fourth-order valence-electron chi connectivity index (χ4n) is 1.32. The Morgan fingerprint density at radius 1 is 1.40 bits per heavy atom. The molecule has 1 aromatic carbocycles. The molecule has 0 aromatic heterocycles. The van der Waals surface area contributed by atoms with E-state index in [0.29, 0.717) is 12.1 Å². The van der Waals surface area contributed by atoms with Crippen LogP contribution in [0.3, 0.4) is 0 Å². The van der Waals surface area contributed by atoms with Gasteiger partial charge in [0.2, 0.25) is 0 Å². The smallest absolute Gasteiger partial charge is 0.152 e. The van der Waals surface area contributed by atoms with Crippen LogP contribution in [0.2, 0.25) is 0 Å². The molecule has 0 saturated heterocycles. The average molecular weight is 298 g/mol. The van der Waals surface area contributed by atoms with Crippen molar-refractivity contribution in [1.29, 1.82) is 5.26 Å². The Morgan fingerprint density at radius 3 is 2.40 bits per heavy atom.